The van der Waals surface area contributed by atoms with Crippen LogP contribution in [-0.2, 0) is 14.4 Å². The third-order valence-corrected chi connectivity index (χ3v) is 8.82. The molecule has 0 aliphatic heterocycles. The molecule has 0 aliphatic carbocycles. The fourth-order valence-corrected chi connectivity index (χ4v) is 5.88. The van der Waals surface area contributed by atoms with Gasteiger partial charge in [-0.05, 0) is 12.8 Å². The normalized spacial score (nSPS) is 13.0. The summed E-state index contributed by atoms with van der Waals surface area (Å²) in [5.41, 5.74) is 0. The molecule has 0 saturated heterocycles. The van der Waals surface area contributed by atoms with E-state index in [1.165, 1.54) is 116 Å². The number of unbranched alkanes of at least 4 members (excludes halogenated alkanes) is 24. The molecule has 0 bridgehead atoms. The van der Waals surface area contributed by atoms with Crippen LogP contribution in [0.2, 0.25) is 0 Å². The van der Waals surface area contributed by atoms with Crippen molar-refractivity contribution in [1.29, 1.82) is 0 Å². The summed E-state index contributed by atoms with van der Waals surface area (Å²) in [5.74, 6) is -3.43. The Balaban J connectivity index is 4.28. The first kappa shape index (κ1) is 41.9. The fraction of sp³-hybridized carbons (Fsp3) is 0.919. The number of carbonyl (C=O) groups excluding carboxylic acids is 3. The van der Waals surface area contributed by atoms with Crippen LogP contribution in [0.15, 0.2) is 0 Å². The van der Waals surface area contributed by atoms with Crippen LogP contribution in [0.5, 0.6) is 0 Å². The highest BCUT2D eigenvalue weighted by molar-refractivity contribution is 6.20. The molecule has 0 heterocycles. The zero-order valence-electron chi connectivity index (χ0n) is 28.3. The summed E-state index contributed by atoms with van der Waals surface area (Å²) in [6.07, 6.45) is 27.4. The van der Waals surface area contributed by atoms with Crippen molar-refractivity contribution in [3.63, 3.8) is 0 Å². The van der Waals surface area contributed by atoms with E-state index >= 15 is 0 Å². The van der Waals surface area contributed by atoms with E-state index in [0.717, 1.165) is 38.5 Å². The number of aliphatic hydroxyl groups excluding tert-OH is 3. The van der Waals surface area contributed by atoms with E-state index in [1.54, 1.807) is 0 Å². The van der Waals surface area contributed by atoms with Gasteiger partial charge in [0.15, 0.2) is 17.3 Å². The van der Waals surface area contributed by atoms with E-state index in [-0.39, 0.29) is 12.8 Å². The van der Waals surface area contributed by atoms with Crippen molar-refractivity contribution in [3.05, 3.63) is 0 Å². The summed E-state index contributed by atoms with van der Waals surface area (Å²) < 4.78 is 0. The SMILES string of the molecule is CCCCCCCCCCCCCCCC(=O)C(C(=O)CCCCCCCCCCCCCCC)C(=O)C(O)C(O)CO. The van der Waals surface area contributed by atoms with Crippen LogP contribution in [0.4, 0.5) is 0 Å². The second-order valence-electron chi connectivity index (χ2n) is 12.9. The molecule has 0 rings (SSSR count). The lowest BCUT2D eigenvalue weighted by Crippen LogP contribution is -2.45. The van der Waals surface area contributed by atoms with Crippen molar-refractivity contribution >= 4 is 17.3 Å². The minimum atomic E-state index is -1.93. The van der Waals surface area contributed by atoms with Gasteiger partial charge in [-0.2, -0.15) is 0 Å². The van der Waals surface area contributed by atoms with Crippen molar-refractivity contribution in [2.75, 3.05) is 6.61 Å². The Morgan fingerprint density at radius 2 is 0.698 bits per heavy atom. The first-order valence-corrected chi connectivity index (χ1v) is 18.5. The molecule has 3 N–H and O–H groups in total. The molecule has 0 aromatic heterocycles. The Morgan fingerprint density at radius 3 is 0.953 bits per heavy atom. The lowest BCUT2D eigenvalue weighted by molar-refractivity contribution is -0.148. The predicted octanol–water partition coefficient (Wildman–Crippen LogP) is 8.99. The maximum Gasteiger partial charge on any atom is 0.181 e. The molecule has 0 aromatic rings. The molecule has 254 valence electrons. The second-order valence-corrected chi connectivity index (χ2v) is 12.9. The summed E-state index contributed by atoms with van der Waals surface area (Å²) >= 11 is 0. The molecular weight excluding hydrogens is 540 g/mol. The van der Waals surface area contributed by atoms with Crippen molar-refractivity contribution in [2.45, 2.75) is 206 Å². The Morgan fingerprint density at radius 1 is 0.442 bits per heavy atom. The number of rotatable bonds is 34. The van der Waals surface area contributed by atoms with Crippen LogP contribution in [-0.4, -0.2) is 51.5 Å². The monoisotopic (exact) mass is 611 g/mol. The average molecular weight is 611 g/mol. The molecule has 6 heteroatoms. The molecule has 0 aromatic carbocycles. The van der Waals surface area contributed by atoms with Crippen LogP contribution in [0.1, 0.15) is 194 Å². The van der Waals surface area contributed by atoms with Crippen molar-refractivity contribution < 1.29 is 29.7 Å². The molecule has 0 fully saturated rings. The summed E-state index contributed by atoms with van der Waals surface area (Å²) in [7, 11) is 0. The van der Waals surface area contributed by atoms with Gasteiger partial charge in [-0.25, -0.2) is 0 Å². The quantitative estimate of drug-likeness (QED) is 0.0495. The van der Waals surface area contributed by atoms with Gasteiger partial charge in [-0.1, -0.05) is 168 Å². The highest BCUT2D eigenvalue weighted by atomic mass is 16.4. The topological polar surface area (TPSA) is 112 Å². The number of hydrogen-bond donors (Lipinski definition) is 3. The van der Waals surface area contributed by atoms with Crippen LogP contribution in [0.3, 0.4) is 0 Å². The molecule has 6 nitrogen and oxygen atoms in total. The molecule has 0 radical (unpaired) electrons. The van der Waals surface area contributed by atoms with E-state index in [4.69, 9.17) is 5.11 Å². The van der Waals surface area contributed by atoms with Gasteiger partial charge in [-0.3, -0.25) is 14.4 Å². The van der Waals surface area contributed by atoms with E-state index in [2.05, 4.69) is 13.8 Å². The van der Waals surface area contributed by atoms with Gasteiger partial charge in [0.2, 0.25) is 0 Å². The molecule has 0 aliphatic rings. The van der Waals surface area contributed by atoms with Gasteiger partial charge in [0.05, 0.1) is 6.61 Å². The van der Waals surface area contributed by atoms with Crippen LogP contribution < -0.4 is 0 Å². The lowest BCUT2D eigenvalue weighted by Gasteiger charge is -2.20. The van der Waals surface area contributed by atoms with E-state index in [9.17, 15) is 24.6 Å². The van der Waals surface area contributed by atoms with Gasteiger partial charge in [-0.15, -0.1) is 0 Å². The minimum absolute atomic E-state index is 0.125. The zero-order chi connectivity index (χ0) is 32.0. The third-order valence-electron chi connectivity index (χ3n) is 8.82. The van der Waals surface area contributed by atoms with Crippen molar-refractivity contribution in [2.24, 2.45) is 5.92 Å². The molecule has 2 unspecified atom stereocenters. The van der Waals surface area contributed by atoms with Gasteiger partial charge in [0.25, 0.3) is 0 Å². The first-order chi connectivity index (χ1) is 20.9. The average Bonchev–Trinajstić information content (AvgIpc) is 3.00. The Bertz CT molecular complexity index is 621. The van der Waals surface area contributed by atoms with Gasteiger partial charge >= 0.3 is 0 Å². The number of hydrogen-bond acceptors (Lipinski definition) is 6. The Kier molecular flexibility index (Phi) is 30.1. The highest BCUT2D eigenvalue weighted by Gasteiger charge is 2.38. The molecule has 43 heavy (non-hydrogen) atoms. The third kappa shape index (κ3) is 23.9. The summed E-state index contributed by atoms with van der Waals surface area (Å²) in [6, 6.07) is 0. The number of Topliss-reactive ketones (excluding diaryl/α,β-unsaturated/α-hetero) is 3. The summed E-state index contributed by atoms with van der Waals surface area (Å²) in [6.45, 7) is 3.67. The van der Waals surface area contributed by atoms with Gasteiger partial charge in [0.1, 0.15) is 18.1 Å². The largest absolute Gasteiger partial charge is 0.394 e. The minimum Gasteiger partial charge on any atom is -0.394 e. The molecule has 0 saturated carbocycles. The first-order valence-electron chi connectivity index (χ1n) is 18.5. The standard InChI is InChI=1S/C37H70O6/c1-3-5-7-9-11-13-15-17-19-21-23-25-27-29-32(39)35(37(43)36(42)34(41)31-38)33(40)30-28-26-24-22-20-18-16-14-12-10-8-6-4-2/h34-36,38,41-42H,3-31H2,1-2H3. The highest BCUT2D eigenvalue weighted by Crippen LogP contribution is 2.19. The Hall–Kier alpha value is -1.11. The lowest BCUT2D eigenvalue weighted by atomic mass is 9.85. The Labute approximate surface area is 265 Å². The summed E-state index contributed by atoms with van der Waals surface area (Å²) in [4.78, 5) is 38.8. The van der Waals surface area contributed by atoms with Crippen LogP contribution in [0.25, 0.3) is 0 Å². The van der Waals surface area contributed by atoms with Gasteiger partial charge < -0.3 is 15.3 Å². The molecule has 2 atom stereocenters. The molecular formula is C37H70O6. The maximum absolute atomic E-state index is 13.0. The number of aliphatic hydroxyl groups is 3. The molecule has 0 amide bonds. The van der Waals surface area contributed by atoms with Crippen molar-refractivity contribution in [1.82, 2.24) is 0 Å². The smallest absolute Gasteiger partial charge is 0.181 e. The van der Waals surface area contributed by atoms with E-state index in [1.807, 2.05) is 0 Å². The van der Waals surface area contributed by atoms with Crippen LogP contribution >= 0.6 is 0 Å². The number of ketones is 3. The van der Waals surface area contributed by atoms with E-state index in [0.29, 0.717) is 12.8 Å². The summed E-state index contributed by atoms with van der Waals surface area (Å²) in [5, 5.41) is 29.1. The maximum atomic E-state index is 13.0. The zero-order valence-corrected chi connectivity index (χ0v) is 28.3. The number of carbonyl (C=O) groups is 3. The van der Waals surface area contributed by atoms with E-state index < -0.39 is 42.1 Å². The second kappa shape index (κ2) is 30.9. The van der Waals surface area contributed by atoms with Crippen molar-refractivity contribution in [3.8, 4) is 0 Å². The fourth-order valence-electron chi connectivity index (χ4n) is 5.88. The molecule has 0 spiro atoms. The van der Waals surface area contributed by atoms with Crippen LogP contribution in [0, 0.1) is 5.92 Å². The van der Waals surface area contributed by atoms with Gasteiger partial charge in [0, 0.05) is 12.8 Å². The predicted molar refractivity (Wildman–Crippen MR) is 178 cm³/mol.